The van der Waals surface area contributed by atoms with Crippen LogP contribution in [0.15, 0.2) is 55.2 Å². The molecule has 6 nitrogen and oxygen atoms in total. The van der Waals surface area contributed by atoms with Crippen molar-refractivity contribution in [2.45, 2.75) is 6.18 Å². The smallest absolute Gasteiger partial charge is 0.322 e. The molecule has 0 spiro atoms. The SMILES string of the molecule is O=C(Nc1ccc(C(F)(F)F)cc1)c1ccnc(-n2cnnc2)c1. The summed E-state index contributed by atoms with van der Waals surface area (Å²) in [6.45, 7) is 0. The number of carbonyl (C=O) groups excluding carboxylic acids is 1. The predicted octanol–water partition coefficient (Wildman–Crippen LogP) is 2.93. The van der Waals surface area contributed by atoms with Crippen LogP contribution in [0.2, 0.25) is 0 Å². The Hall–Kier alpha value is -3.23. The van der Waals surface area contributed by atoms with E-state index >= 15 is 0 Å². The Bertz CT molecular complexity index is 844. The summed E-state index contributed by atoms with van der Waals surface area (Å²) < 4.78 is 39.1. The Morgan fingerprint density at radius 1 is 1.04 bits per heavy atom. The molecule has 1 amide bonds. The standard InChI is InChI=1S/C15H10F3N5O/c16-15(17,18)11-1-3-12(4-2-11)22-14(24)10-5-6-19-13(7-10)23-8-20-21-9-23/h1-9H,(H,22,24). The van der Waals surface area contributed by atoms with Crippen LogP contribution in [-0.2, 0) is 6.18 Å². The number of amides is 1. The van der Waals surface area contributed by atoms with Crippen LogP contribution >= 0.6 is 0 Å². The van der Waals surface area contributed by atoms with Crippen LogP contribution < -0.4 is 5.32 Å². The molecule has 1 aromatic carbocycles. The van der Waals surface area contributed by atoms with Crippen molar-refractivity contribution < 1.29 is 18.0 Å². The molecule has 0 aliphatic heterocycles. The molecular weight excluding hydrogens is 323 g/mol. The van der Waals surface area contributed by atoms with Gasteiger partial charge in [0.15, 0.2) is 0 Å². The van der Waals surface area contributed by atoms with E-state index in [-0.39, 0.29) is 5.69 Å². The number of pyridine rings is 1. The molecule has 9 heteroatoms. The van der Waals surface area contributed by atoms with Crippen LogP contribution in [0.3, 0.4) is 0 Å². The molecule has 3 rings (SSSR count). The summed E-state index contributed by atoms with van der Waals surface area (Å²) in [5.41, 5.74) is -0.219. The molecule has 1 N–H and O–H groups in total. The third-order valence-electron chi connectivity index (χ3n) is 3.16. The molecule has 24 heavy (non-hydrogen) atoms. The first kappa shape index (κ1) is 15.7. The number of hydrogen-bond acceptors (Lipinski definition) is 4. The van der Waals surface area contributed by atoms with Gasteiger partial charge < -0.3 is 5.32 Å². The Balaban J connectivity index is 1.77. The van der Waals surface area contributed by atoms with E-state index in [0.717, 1.165) is 12.1 Å². The van der Waals surface area contributed by atoms with Gasteiger partial charge in [0.25, 0.3) is 5.91 Å². The maximum Gasteiger partial charge on any atom is 0.416 e. The first-order chi connectivity index (χ1) is 11.4. The second-order valence-electron chi connectivity index (χ2n) is 4.80. The number of aromatic nitrogens is 4. The molecule has 0 radical (unpaired) electrons. The quantitative estimate of drug-likeness (QED) is 0.800. The number of anilines is 1. The number of nitrogens with zero attached hydrogens (tertiary/aromatic N) is 4. The van der Waals surface area contributed by atoms with E-state index in [1.807, 2.05) is 0 Å². The molecule has 0 aliphatic carbocycles. The van der Waals surface area contributed by atoms with Crippen molar-refractivity contribution in [1.82, 2.24) is 19.7 Å². The van der Waals surface area contributed by atoms with Gasteiger partial charge in [0, 0.05) is 17.4 Å². The van der Waals surface area contributed by atoms with Gasteiger partial charge in [-0.3, -0.25) is 9.36 Å². The number of carbonyl (C=O) groups is 1. The highest BCUT2D eigenvalue weighted by molar-refractivity contribution is 6.04. The molecule has 2 aromatic heterocycles. The lowest BCUT2D eigenvalue weighted by molar-refractivity contribution is -0.137. The second-order valence-corrected chi connectivity index (χ2v) is 4.80. The summed E-state index contributed by atoms with van der Waals surface area (Å²) in [5.74, 6) is -0.0217. The molecule has 0 bridgehead atoms. The van der Waals surface area contributed by atoms with E-state index in [1.54, 1.807) is 0 Å². The van der Waals surface area contributed by atoms with Crippen LogP contribution in [0.4, 0.5) is 18.9 Å². The fraction of sp³-hybridized carbons (Fsp3) is 0.0667. The maximum atomic E-state index is 12.5. The van der Waals surface area contributed by atoms with Crippen LogP contribution in [0.1, 0.15) is 15.9 Å². The average molecular weight is 333 g/mol. The van der Waals surface area contributed by atoms with E-state index in [2.05, 4.69) is 20.5 Å². The lowest BCUT2D eigenvalue weighted by Gasteiger charge is -2.09. The van der Waals surface area contributed by atoms with Gasteiger partial charge in [-0.15, -0.1) is 10.2 Å². The van der Waals surface area contributed by atoms with Crippen molar-refractivity contribution in [2.24, 2.45) is 0 Å². The lowest BCUT2D eigenvalue weighted by atomic mass is 10.2. The molecule has 0 unspecified atom stereocenters. The highest BCUT2D eigenvalue weighted by Gasteiger charge is 2.30. The first-order valence-corrected chi connectivity index (χ1v) is 6.73. The number of benzene rings is 1. The number of halogens is 3. The maximum absolute atomic E-state index is 12.5. The summed E-state index contributed by atoms with van der Waals surface area (Å²) in [4.78, 5) is 16.3. The van der Waals surface area contributed by atoms with Crippen molar-refractivity contribution in [3.63, 3.8) is 0 Å². The van der Waals surface area contributed by atoms with E-state index in [0.29, 0.717) is 11.4 Å². The van der Waals surface area contributed by atoms with E-state index < -0.39 is 17.6 Å². The van der Waals surface area contributed by atoms with E-state index in [9.17, 15) is 18.0 Å². The van der Waals surface area contributed by atoms with Crippen LogP contribution in [0.25, 0.3) is 5.82 Å². The zero-order valence-corrected chi connectivity index (χ0v) is 12.0. The topological polar surface area (TPSA) is 72.7 Å². The third-order valence-corrected chi connectivity index (χ3v) is 3.16. The van der Waals surface area contributed by atoms with Crippen molar-refractivity contribution in [3.05, 3.63) is 66.4 Å². The van der Waals surface area contributed by atoms with Gasteiger partial charge in [-0.25, -0.2) is 4.98 Å². The van der Waals surface area contributed by atoms with Gasteiger partial charge in [-0.05, 0) is 36.4 Å². The minimum absolute atomic E-state index is 0.260. The number of alkyl halides is 3. The average Bonchev–Trinajstić information content (AvgIpc) is 3.09. The van der Waals surface area contributed by atoms with Crippen molar-refractivity contribution in [3.8, 4) is 5.82 Å². The Labute approximate surface area is 134 Å². The highest BCUT2D eigenvalue weighted by atomic mass is 19.4. The predicted molar refractivity (Wildman–Crippen MR) is 78.6 cm³/mol. The van der Waals surface area contributed by atoms with Crippen LogP contribution in [-0.4, -0.2) is 25.7 Å². The van der Waals surface area contributed by atoms with Gasteiger partial charge in [-0.1, -0.05) is 0 Å². The Morgan fingerprint density at radius 2 is 1.71 bits per heavy atom. The fourth-order valence-electron chi connectivity index (χ4n) is 1.97. The first-order valence-electron chi connectivity index (χ1n) is 6.73. The van der Waals surface area contributed by atoms with Crippen LogP contribution in [0.5, 0.6) is 0 Å². The Kier molecular flexibility index (Phi) is 3.98. The second kappa shape index (κ2) is 6.11. The molecule has 0 saturated heterocycles. The summed E-state index contributed by atoms with van der Waals surface area (Å²) in [6, 6.07) is 7.22. The summed E-state index contributed by atoms with van der Waals surface area (Å²) in [5, 5.41) is 9.83. The molecule has 0 fully saturated rings. The number of rotatable bonds is 3. The molecule has 0 saturated carbocycles. The molecule has 3 aromatic rings. The normalized spacial score (nSPS) is 11.3. The number of nitrogens with one attached hydrogen (secondary N) is 1. The zero-order chi connectivity index (χ0) is 17.2. The van der Waals surface area contributed by atoms with Gasteiger partial charge in [0.05, 0.1) is 5.56 Å². The molecule has 0 atom stereocenters. The molecule has 2 heterocycles. The molecule has 0 aliphatic rings. The summed E-state index contributed by atoms with van der Waals surface area (Å²) >= 11 is 0. The van der Waals surface area contributed by atoms with Gasteiger partial charge in [-0.2, -0.15) is 13.2 Å². The van der Waals surface area contributed by atoms with Crippen molar-refractivity contribution in [1.29, 1.82) is 0 Å². The van der Waals surface area contributed by atoms with Gasteiger partial charge in [0.1, 0.15) is 18.5 Å². The highest BCUT2D eigenvalue weighted by Crippen LogP contribution is 2.29. The zero-order valence-electron chi connectivity index (χ0n) is 12.0. The summed E-state index contributed by atoms with van der Waals surface area (Å²) in [6.07, 6.45) is -0.113. The Morgan fingerprint density at radius 3 is 2.33 bits per heavy atom. The van der Waals surface area contributed by atoms with E-state index in [4.69, 9.17) is 0 Å². The fourth-order valence-corrected chi connectivity index (χ4v) is 1.97. The van der Waals surface area contributed by atoms with Crippen molar-refractivity contribution >= 4 is 11.6 Å². The third kappa shape index (κ3) is 3.40. The minimum Gasteiger partial charge on any atom is -0.322 e. The summed E-state index contributed by atoms with van der Waals surface area (Å²) in [7, 11) is 0. The molecular formula is C15H10F3N5O. The van der Waals surface area contributed by atoms with Crippen LogP contribution in [0, 0.1) is 0 Å². The molecule has 122 valence electrons. The van der Waals surface area contributed by atoms with Gasteiger partial charge in [0.2, 0.25) is 0 Å². The van der Waals surface area contributed by atoms with Crippen molar-refractivity contribution in [2.75, 3.05) is 5.32 Å². The van der Waals surface area contributed by atoms with Gasteiger partial charge >= 0.3 is 6.18 Å². The minimum atomic E-state index is -4.42. The monoisotopic (exact) mass is 333 g/mol. The van der Waals surface area contributed by atoms with E-state index in [1.165, 1.54) is 47.7 Å². The number of hydrogen-bond donors (Lipinski definition) is 1. The largest absolute Gasteiger partial charge is 0.416 e. The lowest BCUT2D eigenvalue weighted by Crippen LogP contribution is -2.13.